The number of pyridine rings is 1. The normalized spacial score (nSPS) is 16.3. The molecule has 1 aliphatic rings. The summed E-state index contributed by atoms with van der Waals surface area (Å²) in [6, 6.07) is 1.85. The van der Waals surface area contributed by atoms with E-state index < -0.39 is 18.4 Å². The molecule has 3 heterocycles. The summed E-state index contributed by atoms with van der Waals surface area (Å²) in [6.07, 6.45) is 1.80. The molecule has 2 aromatic heterocycles. The van der Waals surface area contributed by atoms with E-state index in [9.17, 15) is 9.59 Å². The van der Waals surface area contributed by atoms with Crippen LogP contribution in [0.3, 0.4) is 0 Å². The monoisotopic (exact) mass is 325 g/mol. The third kappa shape index (κ3) is 2.39. The fourth-order valence-electron chi connectivity index (χ4n) is 1.74. The minimum atomic E-state index is -1.13. The van der Waals surface area contributed by atoms with Crippen LogP contribution < -0.4 is 5.32 Å². The van der Waals surface area contributed by atoms with Gasteiger partial charge in [-0.2, -0.15) is 0 Å². The van der Waals surface area contributed by atoms with Gasteiger partial charge in [-0.15, -0.1) is 0 Å². The second kappa shape index (κ2) is 4.54. The molecule has 2 N–H and O–H groups in total. The highest BCUT2D eigenvalue weighted by molar-refractivity contribution is 9.10. The number of hydrogen-bond acceptors (Lipinski definition) is 6. The molecule has 0 bridgehead atoms. The van der Waals surface area contributed by atoms with Crippen LogP contribution in [-0.4, -0.2) is 28.3 Å². The third-order valence-electron chi connectivity index (χ3n) is 2.52. The van der Waals surface area contributed by atoms with E-state index in [2.05, 4.69) is 31.2 Å². The summed E-state index contributed by atoms with van der Waals surface area (Å²) in [5, 5.41) is 2.79. The Kier molecular flexibility index (Phi) is 2.86. The highest BCUT2D eigenvalue weighted by atomic mass is 79.9. The maximum atomic E-state index is 11.1. The molecule has 0 atom stereocenters. The molecule has 0 spiro atoms. The number of fused-ring (bicyclic) bond motifs is 1. The number of cyclic esters (lactones) is 2. The van der Waals surface area contributed by atoms with E-state index in [1.54, 1.807) is 12.4 Å². The number of nitrogens with one attached hydrogen (secondary N) is 2. The molecule has 0 unspecified atom stereocenters. The quantitative estimate of drug-likeness (QED) is 0.642. The van der Waals surface area contributed by atoms with E-state index in [0.29, 0.717) is 11.2 Å². The van der Waals surface area contributed by atoms with Gasteiger partial charge in [0.15, 0.2) is 0 Å². The Hall–Kier alpha value is -2.09. The fraction of sp³-hybridized carbons (Fsp3) is 0.182. The molecular weight excluding hydrogens is 318 g/mol. The van der Waals surface area contributed by atoms with Crippen LogP contribution in [0.15, 0.2) is 22.9 Å². The largest absolute Gasteiger partial charge is 0.406 e. The van der Waals surface area contributed by atoms with Crippen molar-refractivity contribution in [2.45, 2.75) is 12.8 Å². The SMILES string of the molecule is O=C1CC(=O)OC(Nc2c[nH]c3cc(Br)cnc23)O1. The molecule has 1 saturated heterocycles. The minimum absolute atomic E-state index is 0.364. The lowest BCUT2D eigenvalue weighted by Crippen LogP contribution is -2.37. The minimum Gasteiger partial charge on any atom is -0.406 e. The second-order valence-corrected chi connectivity index (χ2v) is 4.80. The summed E-state index contributed by atoms with van der Waals surface area (Å²) >= 11 is 3.31. The van der Waals surface area contributed by atoms with Gasteiger partial charge in [0.05, 0.1) is 11.2 Å². The fourth-order valence-corrected chi connectivity index (χ4v) is 2.07. The summed E-state index contributed by atoms with van der Waals surface area (Å²) in [6.45, 7) is 0. The summed E-state index contributed by atoms with van der Waals surface area (Å²) in [4.78, 5) is 29.5. The number of rotatable bonds is 2. The van der Waals surface area contributed by atoms with Gasteiger partial charge in [0.2, 0.25) is 0 Å². The number of aromatic amines is 1. The number of ether oxygens (including phenoxy) is 2. The lowest BCUT2D eigenvalue weighted by atomic mass is 10.3. The van der Waals surface area contributed by atoms with Crippen LogP contribution in [0.1, 0.15) is 6.42 Å². The maximum absolute atomic E-state index is 11.1. The zero-order chi connectivity index (χ0) is 13.4. The number of carbonyl (C=O) groups is 2. The van der Waals surface area contributed by atoms with E-state index in [1.807, 2.05) is 6.07 Å². The standard InChI is InChI=1S/C11H8BrN3O4/c12-5-1-6-10(14-3-5)7(4-13-6)15-11-18-8(16)2-9(17)19-11/h1,3-4,11,13,15H,2H2. The number of nitrogens with zero attached hydrogens (tertiary/aromatic N) is 1. The van der Waals surface area contributed by atoms with Crippen molar-refractivity contribution in [3.05, 3.63) is 22.9 Å². The smallest absolute Gasteiger partial charge is 0.329 e. The zero-order valence-electron chi connectivity index (χ0n) is 9.47. The first kappa shape index (κ1) is 12.0. The van der Waals surface area contributed by atoms with Crippen molar-refractivity contribution in [3.63, 3.8) is 0 Å². The van der Waals surface area contributed by atoms with Gasteiger partial charge >= 0.3 is 18.4 Å². The molecule has 0 amide bonds. The van der Waals surface area contributed by atoms with E-state index in [4.69, 9.17) is 9.47 Å². The topological polar surface area (TPSA) is 93.3 Å². The third-order valence-corrected chi connectivity index (χ3v) is 2.95. The van der Waals surface area contributed by atoms with Crippen molar-refractivity contribution in [3.8, 4) is 0 Å². The van der Waals surface area contributed by atoms with Gasteiger partial charge in [0.25, 0.3) is 0 Å². The average molecular weight is 326 g/mol. The molecule has 3 rings (SSSR count). The number of aromatic nitrogens is 2. The number of esters is 2. The van der Waals surface area contributed by atoms with Gasteiger partial charge in [-0.3, -0.25) is 14.6 Å². The molecule has 0 aromatic carbocycles. The Morgan fingerprint density at radius 3 is 2.84 bits per heavy atom. The van der Waals surface area contributed by atoms with Gasteiger partial charge in [0, 0.05) is 16.9 Å². The summed E-state index contributed by atoms with van der Waals surface area (Å²) in [5.41, 5.74) is 2.03. The Bertz CT molecular complexity index is 653. The van der Waals surface area contributed by atoms with E-state index >= 15 is 0 Å². The van der Waals surface area contributed by atoms with Gasteiger partial charge in [-0.05, 0) is 22.0 Å². The Morgan fingerprint density at radius 2 is 2.11 bits per heavy atom. The van der Waals surface area contributed by atoms with Crippen molar-refractivity contribution < 1.29 is 19.1 Å². The average Bonchev–Trinajstić information content (AvgIpc) is 2.70. The van der Waals surface area contributed by atoms with Gasteiger partial charge in [0.1, 0.15) is 11.9 Å². The number of H-pyrrole nitrogens is 1. The Morgan fingerprint density at radius 1 is 1.37 bits per heavy atom. The lowest BCUT2D eigenvalue weighted by molar-refractivity contribution is -0.197. The molecule has 98 valence electrons. The van der Waals surface area contributed by atoms with Crippen molar-refractivity contribution in [1.82, 2.24) is 9.97 Å². The Balaban J connectivity index is 1.85. The molecule has 0 saturated carbocycles. The summed E-state index contributed by atoms with van der Waals surface area (Å²) in [5.74, 6) is -1.24. The predicted octanol–water partition coefficient (Wildman–Crippen LogP) is 1.51. The van der Waals surface area contributed by atoms with Crippen LogP contribution in [0.4, 0.5) is 5.69 Å². The number of halogens is 1. The Labute approximate surface area is 115 Å². The van der Waals surface area contributed by atoms with E-state index in [1.165, 1.54) is 0 Å². The van der Waals surface area contributed by atoms with Crippen LogP contribution >= 0.6 is 15.9 Å². The maximum Gasteiger partial charge on any atom is 0.329 e. The van der Waals surface area contributed by atoms with Gasteiger partial charge < -0.3 is 19.8 Å². The highest BCUT2D eigenvalue weighted by Gasteiger charge is 2.28. The van der Waals surface area contributed by atoms with Crippen LogP contribution in [0.5, 0.6) is 0 Å². The molecule has 19 heavy (non-hydrogen) atoms. The van der Waals surface area contributed by atoms with Crippen molar-refractivity contribution in [1.29, 1.82) is 0 Å². The van der Waals surface area contributed by atoms with Crippen LogP contribution in [0, 0.1) is 0 Å². The van der Waals surface area contributed by atoms with Crippen LogP contribution in [-0.2, 0) is 19.1 Å². The number of anilines is 1. The molecule has 1 fully saturated rings. The van der Waals surface area contributed by atoms with Crippen LogP contribution in [0.2, 0.25) is 0 Å². The molecular formula is C11H8BrN3O4. The van der Waals surface area contributed by atoms with E-state index in [0.717, 1.165) is 9.99 Å². The van der Waals surface area contributed by atoms with Crippen molar-refractivity contribution >= 4 is 44.6 Å². The molecule has 8 heteroatoms. The predicted molar refractivity (Wildman–Crippen MR) is 68.0 cm³/mol. The van der Waals surface area contributed by atoms with E-state index in [-0.39, 0.29) is 6.42 Å². The first-order chi connectivity index (χ1) is 9.11. The lowest BCUT2D eigenvalue weighted by Gasteiger charge is -2.22. The van der Waals surface area contributed by atoms with Crippen molar-refractivity contribution in [2.24, 2.45) is 0 Å². The molecule has 0 aliphatic carbocycles. The number of carbonyl (C=O) groups excluding carboxylic acids is 2. The van der Waals surface area contributed by atoms with Gasteiger partial charge in [-0.1, -0.05) is 0 Å². The highest BCUT2D eigenvalue weighted by Crippen LogP contribution is 2.24. The summed E-state index contributed by atoms with van der Waals surface area (Å²) < 4.78 is 10.6. The molecule has 2 aromatic rings. The first-order valence-electron chi connectivity index (χ1n) is 5.40. The first-order valence-corrected chi connectivity index (χ1v) is 6.19. The van der Waals surface area contributed by atoms with Crippen LogP contribution in [0.25, 0.3) is 11.0 Å². The summed E-state index contributed by atoms with van der Waals surface area (Å²) in [7, 11) is 0. The second-order valence-electron chi connectivity index (χ2n) is 3.88. The molecule has 0 radical (unpaired) electrons. The number of hydrogen-bond donors (Lipinski definition) is 2. The van der Waals surface area contributed by atoms with Gasteiger partial charge in [-0.25, -0.2) is 0 Å². The van der Waals surface area contributed by atoms with Crippen molar-refractivity contribution in [2.75, 3.05) is 5.32 Å². The molecule has 1 aliphatic heterocycles. The molecule has 7 nitrogen and oxygen atoms in total. The zero-order valence-corrected chi connectivity index (χ0v) is 11.1.